The molecule has 29 heavy (non-hydrogen) atoms. The molecule has 3 aromatic rings. The van der Waals surface area contributed by atoms with Crippen molar-refractivity contribution in [3.8, 4) is 0 Å². The average molecular weight is 393 g/mol. The number of esters is 1. The normalized spacial score (nSPS) is 14.7. The standard InChI is InChI=1S/C22H24N4O3/c1-29-22(28)21-20(17-9-5-6-10-18(17)23-21)24-19(27)15-25-11-13-26(14-12-25)16-7-3-2-4-8-16/h2-10,23H,11-15H2,1H3,(H,24,27)/p+1. The molecule has 0 aliphatic carbocycles. The molecule has 1 amide bonds. The second-order valence-electron chi connectivity index (χ2n) is 7.21. The number of methoxy groups -OCH3 is 1. The minimum Gasteiger partial charge on any atom is -0.464 e. The molecule has 0 atom stereocenters. The van der Waals surface area contributed by atoms with Crippen LogP contribution in [-0.4, -0.2) is 56.7 Å². The topological polar surface area (TPSA) is 78.9 Å². The van der Waals surface area contributed by atoms with Gasteiger partial charge in [0.05, 0.1) is 39.0 Å². The van der Waals surface area contributed by atoms with Crippen LogP contribution in [0.2, 0.25) is 0 Å². The summed E-state index contributed by atoms with van der Waals surface area (Å²) in [4.78, 5) is 31.5. The number of piperazine rings is 1. The molecular formula is C22H25N4O3+. The van der Waals surface area contributed by atoms with Crippen molar-refractivity contribution in [1.29, 1.82) is 0 Å². The van der Waals surface area contributed by atoms with Crippen LogP contribution in [0.15, 0.2) is 54.6 Å². The van der Waals surface area contributed by atoms with Gasteiger partial charge in [0.15, 0.2) is 6.54 Å². The third kappa shape index (κ3) is 4.09. The molecule has 1 aromatic heterocycles. The molecule has 7 nitrogen and oxygen atoms in total. The Morgan fingerprint density at radius 1 is 1.07 bits per heavy atom. The minimum absolute atomic E-state index is 0.108. The fourth-order valence-electron chi connectivity index (χ4n) is 3.83. The third-order valence-corrected chi connectivity index (χ3v) is 5.36. The number of carbonyl (C=O) groups is 2. The number of nitrogens with one attached hydrogen (secondary N) is 3. The number of fused-ring (bicyclic) bond motifs is 1. The average Bonchev–Trinajstić information content (AvgIpc) is 3.12. The maximum absolute atomic E-state index is 12.7. The van der Waals surface area contributed by atoms with E-state index in [1.807, 2.05) is 42.5 Å². The third-order valence-electron chi connectivity index (χ3n) is 5.36. The summed E-state index contributed by atoms with van der Waals surface area (Å²) in [7, 11) is 1.33. The lowest BCUT2D eigenvalue weighted by atomic mass is 10.2. The molecule has 3 N–H and O–H groups in total. The molecule has 0 radical (unpaired) electrons. The first-order valence-electron chi connectivity index (χ1n) is 9.78. The van der Waals surface area contributed by atoms with Crippen molar-refractivity contribution in [2.75, 3.05) is 50.1 Å². The number of rotatable bonds is 5. The molecule has 2 heterocycles. The Morgan fingerprint density at radius 2 is 1.76 bits per heavy atom. The highest BCUT2D eigenvalue weighted by Crippen LogP contribution is 2.28. The fraction of sp³-hybridized carbons (Fsp3) is 0.273. The zero-order valence-electron chi connectivity index (χ0n) is 16.4. The highest BCUT2D eigenvalue weighted by molar-refractivity contribution is 6.11. The number of ether oxygens (including phenoxy) is 1. The highest BCUT2D eigenvalue weighted by atomic mass is 16.5. The molecular weight excluding hydrogens is 368 g/mol. The molecule has 1 saturated heterocycles. The molecule has 0 saturated carbocycles. The van der Waals surface area contributed by atoms with E-state index in [0.29, 0.717) is 12.2 Å². The zero-order valence-corrected chi connectivity index (χ0v) is 16.4. The summed E-state index contributed by atoms with van der Waals surface area (Å²) in [6.07, 6.45) is 0. The van der Waals surface area contributed by atoms with E-state index in [1.165, 1.54) is 17.7 Å². The molecule has 2 aromatic carbocycles. The van der Waals surface area contributed by atoms with Gasteiger partial charge in [-0.2, -0.15) is 0 Å². The van der Waals surface area contributed by atoms with Crippen LogP contribution in [0.1, 0.15) is 10.5 Å². The molecule has 1 fully saturated rings. The van der Waals surface area contributed by atoms with Crippen LogP contribution in [0, 0.1) is 0 Å². The first-order chi connectivity index (χ1) is 14.2. The maximum Gasteiger partial charge on any atom is 0.356 e. The van der Waals surface area contributed by atoms with Crippen molar-refractivity contribution >= 4 is 34.2 Å². The SMILES string of the molecule is COC(=O)c1[nH]c2ccccc2c1NC(=O)C[NH+]1CCN(c2ccccc2)CC1. The van der Waals surface area contributed by atoms with Crippen molar-refractivity contribution in [2.24, 2.45) is 0 Å². The van der Waals surface area contributed by atoms with Crippen molar-refractivity contribution in [1.82, 2.24) is 4.98 Å². The Bertz CT molecular complexity index is 1010. The van der Waals surface area contributed by atoms with Gasteiger partial charge in [0.25, 0.3) is 5.91 Å². The number of quaternary nitrogens is 1. The van der Waals surface area contributed by atoms with E-state index in [4.69, 9.17) is 4.74 Å². The van der Waals surface area contributed by atoms with Gasteiger partial charge in [-0.3, -0.25) is 4.79 Å². The number of amides is 1. The van der Waals surface area contributed by atoms with Crippen LogP contribution in [0.4, 0.5) is 11.4 Å². The van der Waals surface area contributed by atoms with E-state index >= 15 is 0 Å². The van der Waals surface area contributed by atoms with E-state index in [1.54, 1.807) is 0 Å². The van der Waals surface area contributed by atoms with Gasteiger partial charge in [0, 0.05) is 16.6 Å². The van der Waals surface area contributed by atoms with Gasteiger partial charge in [-0.1, -0.05) is 36.4 Å². The van der Waals surface area contributed by atoms with Gasteiger partial charge in [0.2, 0.25) is 0 Å². The van der Waals surface area contributed by atoms with E-state index in [0.717, 1.165) is 37.1 Å². The van der Waals surface area contributed by atoms with Crippen molar-refractivity contribution in [2.45, 2.75) is 0 Å². The monoisotopic (exact) mass is 393 g/mol. The molecule has 4 rings (SSSR count). The number of carbonyl (C=O) groups excluding carboxylic acids is 2. The van der Waals surface area contributed by atoms with E-state index in [9.17, 15) is 9.59 Å². The molecule has 0 unspecified atom stereocenters. The van der Waals surface area contributed by atoms with E-state index in [2.05, 4.69) is 27.3 Å². The zero-order chi connectivity index (χ0) is 20.2. The quantitative estimate of drug-likeness (QED) is 0.571. The second-order valence-corrected chi connectivity index (χ2v) is 7.21. The predicted molar refractivity (Wildman–Crippen MR) is 112 cm³/mol. The number of H-pyrrole nitrogens is 1. The molecule has 1 aliphatic heterocycles. The lowest BCUT2D eigenvalue weighted by molar-refractivity contribution is -0.892. The molecule has 7 heteroatoms. The van der Waals surface area contributed by atoms with Crippen LogP contribution in [0.3, 0.4) is 0 Å². The van der Waals surface area contributed by atoms with Gasteiger partial charge in [-0.25, -0.2) is 4.79 Å². The van der Waals surface area contributed by atoms with E-state index < -0.39 is 5.97 Å². The summed E-state index contributed by atoms with van der Waals surface area (Å²) >= 11 is 0. The van der Waals surface area contributed by atoms with Gasteiger partial charge in [-0.15, -0.1) is 0 Å². The fourth-order valence-corrected chi connectivity index (χ4v) is 3.83. The second kappa shape index (κ2) is 8.36. The van der Waals surface area contributed by atoms with Crippen LogP contribution in [-0.2, 0) is 9.53 Å². The van der Waals surface area contributed by atoms with Gasteiger partial charge >= 0.3 is 5.97 Å². The first-order valence-corrected chi connectivity index (χ1v) is 9.78. The summed E-state index contributed by atoms with van der Waals surface area (Å²) in [5.74, 6) is -0.608. The summed E-state index contributed by atoms with van der Waals surface area (Å²) in [6.45, 7) is 3.96. The van der Waals surface area contributed by atoms with Crippen molar-refractivity contribution in [3.05, 3.63) is 60.3 Å². The maximum atomic E-state index is 12.7. The number of para-hydroxylation sites is 2. The molecule has 1 aliphatic rings. The number of hydrogen-bond acceptors (Lipinski definition) is 4. The predicted octanol–water partition coefficient (Wildman–Crippen LogP) is 1.30. The first kappa shape index (κ1) is 19.0. The summed E-state index contributed by atoms with van der Waals surface area (Å²) in [5, 5.41) is 3.73. The van der Waals surface area contributed by atoms with Crippen LogP contribution < -0.4 is 15.1 Å². The summed E-state index contributed by atoms with van der Waals surface area (Å²) in [5.41, 5.74) is 2.76. The van der Waals surface area contributed by atoms with Crippen molar-refractivity contribution in [3.63, 3.8) is 0 Å². The number of nitrogens with zero attached hydrogens (tertiary/aromatic N) is 1. The lowest BCUT2D eigenvalue weighted by Gasteiger charge is -2.33. The smallest absolute Gasteiger partial charge is 0.356 e. The minimum atomic E-state index is -0.500. The summed E-state index contributed by atoms with van der Waals surface area (Å²) in [6, 6.07) is 17.8. The van der Waals surface area contributed by atoms with Crippen LogP contribution in [0.25, 0.3) is 10.9 Å². The van der Waals surface area contributed by atoms with Crippen LogP contribution in [0.5, 0.6) is 0 Å². The Hall–Kier alpha value is -3.32. The molecule has 0 spiro atoms. The highest BCUT2D eigenvalue weighted by Gasteiger charge is 2.25. The van der Waals surface area contributed by atoms with Crippen molar-refractivity contribution < 1.29 is 19.2 Å². The lowest BCUT2D eigenvalue weighted by Crippen LogP contribution is -3.15. The Kier molecular flexibility index (Phi) is 5.48. The van der Waals surface area contributed by atoms with Gasteiger partial charge in [0.1, 0.15) is 5.69 Å². The number of hydrogen-bond donors (Lipinski definition) is 3. The molecule has 0 bridgehead atoms. The van der Waals surface area contributed by atoms with Gasteiger partial charge < -0.3 is 24.8 Å². The van der Waals surface area contributed by atoms with Gasteiger partial charge in [-0.05, 0) is 18.2 Å². The Balaban J connectivity index is 1.41. The largest absolute Gasteiger partial charge is 0.464 e. The summed E-state index contributed by atoms with van der Waals surface area (Å²) < 4.78 is 4.86. The van der Waals surface area contributed by atoms with E-state index in [-0.39, 0.29) is 11.6 Å². The Morgan fingerprint density at radius 3 is 2.48 bits per heavy atom. The Labute approximate surface area is 169 Å². The van der Waals surface area contributed by atoms with Crippen LogP contribution >= 0.6 is 0 Å². The number of benzene rings is 2. The number of aromatic nitrogens is 1. The molecule has 150 valence electrons. The number of anilines is 2. The number of aromatic amines is 1.